The summed E-state index contributed by atoms with van der Waals surface area (Å²) in [6.07, 6.45) is 5.36. The average molecular weight is 347 g/mol. The number of hydrogen-bond donors (Lipinski definition) is 0. The van der Waals surface area contributed by atoms with E-state index in [2.05, 4.69) is 4.98 Å². The molecule has 2 rings (SSSR count). The van der Waals surface area contributed by atoms with E-state index in [1.54, 1.807) is 11.1 Å². The number of rotatable bonds is 4. The lowest BCUT2D eigenvalue weighted by molar-refractivity contribution is -0.121. The number of carbonyl (C=O) groups is 2. The summed E-state index contributed by atoms with van der Waals surface area (Å²) in [5.41, 5.74) is 0.444. The van der Waals surface area contributed by atoms with Crippen molar-refractivity contribution in [3.8, 4) is 0 Å². The predicted octanol–water partition coefficient (Wildman–Crippen LogP) is 3.91. The molecule has 6 nitrogen and oxygen atoms in total. The van der Waals surface area contributed by atoms with Crippen LogP contribution in [0.5, 0.6) is 0 Å². The zero-order valence-electron chi connectivity index (χ0n) is 15.9. The molecular weight excluding hydrogens is 318 g/mol. The number of carbonyl (C=O) groups excluding carboxylic acids is 2. The highest BCUT2D eigenvalue weighted by Gasteiger charge is 2.27. The second-order valence-electron chi connectivity index (χ2n) is 7.75. The lowest BCUT2D eigenvalue weighted by atomic mass is 9.97. The Kier molecular flexibility index (Phi) is 6.03. The van der Waals surface area contributed by atoms with Gasteiger partial charge in [0.1, 0.15) is 11.4 Å². The molecule has 1 aromatic rings. The molecule has 0 aromatic carbocycles. The van der Waals surface area contributed by atoms with Crippen molar-refractivity contribution in [2.24, 2.45) is 0 Å². The number of hydrogen-bond acceptors (Lipinski definition) is 4. The number of amides is 2. The maximum absolute atomic E-state index is 12.5. The van der Waals surface area contributed by atoms with Gasteiger partial charge in [0.15, 0.2) is 0 Å². The maximum atomic E-state index is 12.5. The molecule has 0 N–H and O–H groups in total. The fourth-order valence-electron chi connectivity index (χ4n) is 3.06. The highest BCUT2D eigenvalue weighted by atomic mass is 16.6. The Labute approximate surface area is 150 Å². The molecule has 2 amide bonds. The molecular formula is C19H29N3O3. The Balaban J connectivity index is 2.20. The number of anilines is 1. The fraction of sp³-hybridized carbons (Fsp3) is 0.632. The van der Waals surface area contributed by atoms with Gasteiger partial charge in [-0.3, -0.25) is 9.69 Å². The maximum Gasteiger partial charge on any atom is 0.416 e. The number of pyridine rings is 1. The van der Waals surface area contributed by atoms with E-state index in [0.29, 0.717) is 5.82 Å². The van der Waals surface area contributed by atoms with Crippen LogP contribution in [0.1, 0.15) is 65.5 Å². The third-order valence-corrected chi connectivity index (χ3v) is 4.19. The summed E-state index contributed by atoms with van der Waals surface area (Å²) < 4.78 is 5.49. The van der Waals surface area contributed by atoms with Crippen molar-refractivity contribution < 1.29 is 14.3 Å². The van der Waals surface area contributed by atoms with Crippen LogP contribution in [0.15, 0.2) is 18.3 Å². The minimum absolute atomic E-state index is 0.0711. The average Bonchev–Trinajstić information content (AvgIpc) is 2.53. The quantitative estimate of drug-likeness (QED) is 0.775. The first-order valence-corrected chi connectivity index (χ1v) is 8.92. The lowest BCUT2D eigenvalue weighted by Gasteiger charge is -2.33. The molecule has 1 aromatic heterocycles. The van der Waals surface area contributed by atoms with E-state index in [4.69, 9.17) is 4.74 Å². The zero-order valence-corrected chi connectivity index (χ0v) is 15.9. The van der Waals surface area contributed by atoms with E-state index in [0.717, 1.165) is 37.8 Å². The summed E-state index contributed by atoms with van der Waals surface area (Å²) in [6.45, 7) is 10.2. The van der Waals surface area contributed by atoms with Gasteiger partial charge in [0, 0.05) is 18.8 Å². The molecule has 0 bridgehead atoms. The van der Waals surface area contributed by atoms with Crippen LogP contribution < -0.4 is 4.90 Å². The summed E-state index contributed by atoms with van der Waals surface area (Å²) in [4.78, 5) is 31.6. The van der Waals surface area contributed by atoms with Gasteiger partial charge in [-0.05, 0) is 65.5 Å². The smallest absolute Gasteiger partial charge is 0.416 e. The third-order valence-electron chi connectivity index (χ3n) is 4.19. The van der Waals surface area contributed by atoms with Gasteiger partial charge in [-0.2, -0.15) is 0 Å². The van der Waals surface area contributed by atoms with Gasteiger partial charge in [-0.15, -0.1) is 0 Å². The molecule has 0 spiro atoms. The highest BCUT2D eigenvalue weighted by Crippen LogP contribution is 2.30. The number of nitrogens with zero attached hydrogens (tertiary/aromatic N) is 3. The molecule has 0 aliphatic carbocycles. The molecule has 0 saturated carbocycles. The minimum atomic E-state index is -0.559. The van der Waals surface area contributed by atoms with Crippen LogP contribution in [-0.4, -0.2) is 40.6 Å². The SMILES string of the molecule is CC(C)N(C(=O)OC(C)(C)C)c1ccc([C@H]2CCCCN2C=O)cn1. The Morgan fingerprint density at radius 1 is 1.36 bits per heavy atom. The first kappa shape index (κ1) is 19.2. The third kappa shape index (κ3) is 4.94. The van der Waals surface area contributed by atoms with Crippen LogP contribution in [0.2, 0.25) is 0 Å². The molecule has 1 aliphatic rings. The normalized spacial score (nSPS) is 18.2. The van der Waals surface area contributed by atoms with Gasteiger partial charge < -0.3 is 9.64 Å². The first-order chi connectivity index (χ1) is 11.7. The van der Waals surface area contributed by atoms with Gasteiger partial charge in [0.25, 0.3) is 0 Å². The second kappa shape index (κ2) is 7.85. The van der Waals surface area contributed by atoms with E-state index in [1.165, 1.54) is 0 Å². The summed E-state index contributed by atoms with van der Waals surface area (Å²) in [5.74, 6) is 0.557. The lowest BCUT2D eigenvalue weighted by Crippen LogP contribution is -2.41. The van der Waals surface area contributed by atoms with Crippen LogP contribution in [0.3, 0.4) is 0 Å². The molecule has 1 saturated heterocycles. The Morgan fingerprint density at radius 2 is 2.08 bits per heavy atom. The van der Waals surface area contributed by atoms with E-state index in [9.17, 15) is 9.59 Å². The van der Waals surface area contributed by atoms with E-state index in [1.807, 2.05) is 51.7 Å². The van der Waals surface area contributed by atoms with Crippen molar-refractivity contribution in [2.45, 2.75) is 71.6 Å². The summed E-state index contributed by atoms with van der Waals surface area (Å²) in [7, 11) is 0. The van der Waals surface area contributed by atoms with Crippen molar-refractivity contribution in [3.05, 3.63) is 23.9 Å². The Bertz CT molecular complexity index is 593. The largest absolute Gasteiger partial charge is 0.443 e. The number of likely N-dealkylation sites (tertiary alicyclic amines) is 1. The molecule has 25 heavy (non-hydrogen) atoms. The topological polar surface area (TPSA) is 62.7 Å². The molecule has 6 heteroatoms. The van der Waals surface area contributed by atoms with Crippen LogP contribution in [0.4, 0.5) is 10.6 Å². The van der Waals surface area contributed by atoms with E-state index < -0.39 is 11.7 Å². The summed E-state index contributed by atoms with van der Waals surface area (Å²) in [5, 5.41) is 0. The van der Waals surface area contributed by atoms with Gasteiger partial charge in [-0.25, -0.2) is 9.78 Å². The Morgan fingerprint density at radius 3 is 2.60 bits per heavy atom. The van der Waals surface area contributed by atoms with Crippen LogP contribution in [0, 0.1) is 0 Å². The van der Waals surface area contributed by atoms with Crippen molar-refractivity contribution >= 4 is 18.3 Å². The zero-order chi connectivity index (χ0) is 18.6. The fourth-order valence-corrected chi connectivity index (χ4v) is 3.06. The first-order valence-electron chi connectivity index (χ1n) is 8.92. The molecule has 2 heterocycles. The monoisotopic (exact) mass is 347 g/mol. The number of aromatic nitrogens is 1. The number of piperidine rings is 1. The molecule has 0 radical (unpaired) electrons. The molecule has 1 atom stereocenters. The Hall–Kier alpha value is -2.11. The van der Waals surface area contributed by atoms with Crippen molar-refractivity contribution in [2.75, 3.05) is 11.4 Å². The summed E-state index contributed by atoms with van der Waals surface area (Å²) >= 11 is 0. The standard InChI is InChI=1S/C19H29N3O3/c1-14(2)22(18(24)25-19(3,4)5)17-10-9-15(12-20-17)16-8-6-7-11-21(16)13-23/h9-10,12-14,16H,6-8,11H2,1-5H3/t16-/m1/s1. The van der Waals surface area contributed by atoms with Gasteiger partial charge in [0.2, 0.25) is 6.41 Å². The van der Waals surface area contributed by atoms with Gasteiger partial charge in [-0.1, -0.05) is 6.07 Å². The summed E-state index contributed by atoms with van der Waals surface area (Å²) in [6, 6.07) is 3.78. The molecule has 0 unspecified atom stereocenters. The highest BCUT2D eigenvalue weighted by molar-refractivity contribution is 5.87. The van der Waals surface area contributed by atoms with Crippen molar-refractivity contribution in [3.63, 3.8) is 0 Å². The molecule has 1 fully saturated rings. The molecule has 1 aliphatic heterocycles. The molecule has 138 valence electrons. The number of ether oxygens (including phenoxy) is 1. The van der Waals surface area contributed by atoms with Crippen LogP contribution in [0.25, 0.3) is 0 Å². The van der Waals surface area contributed by atoms with Gasteiger partial charge in [0.05, 0.1) is 6.04 Å². The van der Waals surface area contributed by atoms with Gasteiger partial charge >= 0.3 is 6.09 Å². The van der Waals surface area contributed by atoms with Crippen LogP contribution >= 0.6 is 0 Å². The van der Waals surface area contributed by atoms with E-state index >= 15 is 0 Å². The van der Waals surface area contributed by atoms with Crippen molar-refractivity contribution in [1.82, 2.24) is 9.88 Å². The predicted molar refractivity (Wildman–Crippen MR) is 97.4 cm³/mol. The van der Waals surface area contributed by atoms with Crippen molar-refractivity contribution in [1.29, 1.82) is 0 Å². The minimum Gasteiger partial charge on any atom is -0.443 e. The van der Waals surface area contributed by atoms with E-state index in [-0.39, 0.29) is 12.1 Å². The second-order valence-corrected chi connectivity index (χ2v) is 7.75. The van der Waals surface area contributed by atoms with Crippen LogP contribution in [-0.2, 0) is 9.53 Å².